The molecule has 1 N–H and O–H groups in total. The van der Waals surface area contributed by atoms with Gasteiger partial charge in [-0.05, 0) is 23.8 Å². The first-order valence-electron chi connectivity index (χ1n) is 8.05. The van der Waals surface area contributed by atoms with E-state index in [0.29, 0.717) is 18.8 Å². The summed E-state index contributed by atoms with van der Waals surface area (Å²) in [5, 5.41) is 10.6. The Morgan fingerprint density at radius 1 is 1.26 bits per heavy atom. The third-order valence-corrected chi connectivity index (χ3v) is 5.88. The zero-order chi connectivity index (χ0) is 19.4. The lowest BCUT2D eigenvalue weighted by molar-refractivity contribution is -0.384. The van der Waals surface area contributed by atoms with Crippen LogP contribution in [0.1, 0.15) is 16.1 Å². The Kier molecular flexibility index (Phi) is 5.54. The summed E-state index contributed by atoms with van der Waals surface area (Å²) in [5.41, 5.74) is 0.512. The molecule has 27 heavy (non-hydrogen) atoms. The fraction of sp³-hybridized carbons (Fsp3) is 0.312. The molecule has 1 saturated heterocycles. The number of aromatic amines is 1. The Balaban J connectivity index is 1.63. The van der Waals surface area contributed by atoms with Crippen molar-refractivity contribution in [2.75, 3.05) is 26.3 Å². The minimum Gasteiger partial charge on any atom is -0.456 e. The second-order valence-corrected chi connectivity index (χ2v) is 7.70. The van der Waals surface area contributed by atoms with Crippen LogP contribution in [0.25, 0.3) is 0 Å². The van der Waals surface area contributed by atoms with Crippen LogP contribution in [0.2, 0.25) is 0 Å². The van der Waals surface area contributed by atoms with Gasteiger partial charge in [0.1, 0.15) is 17.2 Å². The number of nitro groups is 1. The Labute approximate surface area is 154 Å². The fourth-order valence-electron chi connectivity index (χ4n) is 2.52. The SMILES string of the molecule is O=C(OCc1ccc([N+](=O)[O-])cc1)c1cc(S(=O)(=O)N2CCOCC2)c[nH]1. The molecule has 144 valence electrons. The van der Waals surface area contributed by atoms with Crippen LogP contribution in [0.4, 0.5) is 5.69 Å². The van der Waals surface area contributed by atoms with E-state index in [1.165, 1.54) is 40.8 Å². The molecule has 1 aliphatic heterocycles. The number of ether oxygens (including phenoxy) is 2. The maximum absolute atomic E-state index is 12.5. The van der Waals surface area contributed by atoms with Crippen LogP contribution < -0.4 is 0 Å². The average molecular weight is 395 g/mol. The number of benzene rings is 1. The van der Waals surface area contributed by atoms with Crippen molar-refractivity contribution in [1.82, 2.24) is 9.29 Å². The molecule has 0 bridgehead atoms. The van der Waals surface area contributed by atoms with Gasteiger partial charge in [0.2, 0.25) is 10.0 Å². The number of aromatic nitrogens is 1. The molecule has 2 heterocycles. The van der Waals surface area contributed by atoms with Gasteiger partial charge in [0.05, 0.1) is 18.1 Å². The van der Waals surface area contributed by atoms with E-state index in [9.17, 15) is 23.3 Å². The van der Waals surface area contributed by atoms with E-state index in [1.54, 1.807) is 0 Å². The molecular formula is C16H17N3O7S. The Morgan fingerprint density at radius 3 is 2.56 bits per heavy atom. The lowest BCUT2D eigenvalue weighted by atomic mass is 10.2. The molecule has 1 fully saturated rings. The van der Waals surface area contributed by atoms with Crippen molar-refractivity contribution in [3.05, 3.63) is 57.9 Å². The standard InChI is InChI=1S/C16H17N3O7S/c20-16(26-11-12-1-3-13(4-2-12)19(21)22)15-9-14(10-17-15)27(23,24)18-5-7-25-8-6-18/h1-4,9-10,17H,5-8,11H2. The molecule has 1 aromatic heterocycles. The zero-order valence-corrected chi connectivity index (χ0v) is 15.0. The van der Waals surface area contributed by atoms with E-state index < -0.39 is 20.9 Å². The molecule has 1 aliphatic rings. The van der Waals surface area contributed by atoms with Crippen LogP contribution in [-0.2, 0) is 26.1 Å². The smallest absolute Gasteiger partial charge is 0.355 e. The lowest BCUT2D eigenvalue weighted by Gasteiger charge is -2.25. The normalized spacial score (nSPS) is 15.4. The molecule has 1 aromatic carbocycles. The van der Waals surface area contributed by atoms with E-state index in [4.69, 9.17) is 9.47 Å². The number of nitro benzene ring substituents is 1. The number of non-ortho nitro benzene ring substituents is 1. The average Bonchev–Trinajstić information content (AvgIpc) is 3.18. The van der Waals surface area contributed by atoms with Gasteiger partial charge in [0.25, 0.3) is 5.69 Å². The number of nitrogens with zero attached hydrogens (tertiary/aromatic N) is 2. The fourth-order valence-corrected chi connectivity index (χ4v) is 3.92. The highest BCUT2D eigenvalue weighted by molar-refractivity contribution is 7.89. The van der Waals surface area contributed by atoms with Crippen LogP contribution in [0.3, 0.4) is 0 Å². The van der Waals surface area contributed by atoms with Gasteiger partial charge in [-0.25, -0.2) is 13.2 Å². The van der Waals surface area contributed by atoms with E-state index in [-0.39, 0.29) is 36.0 Å². The quantitative estimate of drug-likeness (QED) is 0.443. The van der Waals surface area contributed by atoms with Crippen LogP contribution >= 0.6 is 0 Å². The van der Waals surface area contributed by atoms with E-state index >= 15 is 0 Å². The molecule has 0 radical (unpaired) electrons. The monoisotopic (exact) mass is 395 g/mol. The molecule has 11 heteroatoms. The zero-order valence-electron chi connectivity index (χ0n) is 14.2. The first kappa shape index (κ1) is 19.0. The lowest BCUT2D eigenvalue weighted by Crippen LogP contribution is -2.40. The molecule has 0 unspecified atom stereocenters. The van der Waals surface area contributed by atoms with Gasteiger partial charge in [-0.3, -0.25) is 10.1 Å². The van der Waals surface area contributed by atoms with Crippen molar-refractivity contribution >= 4 is 21.7 Å². The highest BCUT2D eigenvalue weighted by atomic mass is 32.2. The first-order valence-corrected chi connectivity index (χ1v) is 9.49. The third kappa shape index (κ3) is 4.32. The summed E-state index contributed by atoms with van der Waals surface area (Å²) < 4.78 is 36.6. The molecular weight excluding hydrogens is 378 g/mol. The number of esters is 1. The molecule has 0 amide bonds. The molecule has 0 aliphatic carbocycles. The van der Waals surface area contributed by atoms with Crippen molar-refractivity contribution in [3.63, 3.8) is 0 Å². The number of carbonyl (C=O) groups is 1. The number of nitrogens with one attached hydrogen (secondary N) is 1. The number of sulfonamides is 1. The van der Waals surface area contributed by atoms with Gasteiger partial charge in [-0.15, -0.1) is 0 Å². The van der Waals surface area contributed by atoms with Gasteiger partial charge >= 0.3 is 5.97 Å². The number of hydrogen-bond acceptors (Lipinski definition) is 7. The maximum Gasteiger partial charge on any atom is 0.355 e. The maximum atomic E-state index is 12.5. The minimum atomic E-state index is -3.70. The molecule has 0 spiro atoms. The van der Waals surface area contributed by atoms with Crippen LogP contribution in [0, 0.1) is 10.1 Å². The van der Waals surface area contributed by atoms with Crippen LogP contribution in [-0.4, -0.2) is 54.9 Å². The summed E-state index contributed by atoms with van der Waals surface area (Å²) in [5.74, 6) is -0.725. The highest BCUT2D eigenvalue weighted by Crippen LogP contribution is 2.19. The van der Waals surface area contributed by atoms with Crippen molar-refractivity contribution in [3.8, 4) is 0 Å². The van der Waals surface area contributed by atoms with Crippen molar-refractivity contribution < 1.29 is 27.6 Å². The molecule has 3 rings (SSSR count). The summed E-state index contributed by atoms with van der Waals surface area (Å²) >= 11 is 0. The van der Waals surface area contributed by atoms with Gasteiger partial charge < -0.3 is 14.5 Å². The molecule has 0 atom stereocenters. The van der Waals surface area contributed by atoms with Crippen LogP contribution in [0.5, 0.6) is 0 Å². The number of rotatable bonds is 6. The van der Waals surface area contributed by atoms with Crippen LogP contribution in [0.15, 0.2) is 41.4 Å². The number of carbonyl (C=O) groups excluding carboxylic acids is 1. The van der Waals surface area contributed by atoms with Crippen molar-refractivity contribution in [1.29, 1.82) is 0 Å². The summed E-state index contributed by atoms with van der Waals surface area (Å²) in [6.07, 6.45) is 1.24. The third-order valence-electron chi connectivity index (χ3n) is 4.00. The largest absolute Gasteiger partial charge is 0.456 e. The first-order chi connectivity index (χ1) is 12.9. The van der Waals surface area contributed by atoms with Crippen molar-refractivity contribution in [2.45, 2.75) is 11.5 Å². The van der Waals surface area contributed by atoms with E-state index in [0.717, 1.165) is 0 Å². The van der Waals surface area contributed by atoms with Gasteiger partial charge in [-0.2, -0.15) is 4.31 Å². The summed E-state index contributed by atoms with van der Waals surface area (Å²) in [6, 6.07) is 6.81. The highest BCUT2D eigenvalue weighted by Gasteiger charge is 2.28. The summed E-state index contributed by atoms with van der Waals surface area (Å²) in [7, 11) is -3.70. The van der Waals surface area contributed by atoms with Crippen molar-refractivity contribution in [2.24, 2.45) is 0 Å². The minimum absolute atomic E-state index is 0.00347. The van der Waals surface area contributed by atoms with Gasteiger partial charge in [0.15, 0.2) is 0 Å². The molecule has 10 nitrogen and oxygen atoms in total. The number of morpholine rings is 1. The predicted octanol–water partition coefficient (Wildman–Crippen LogP) is 1.30. The summed E-state index contributed by atoms with van der Waals surface area (Å²) in [6.45, 7) is 1.07. The van der Waals surface area contributed by atoms with Gasteiger partial charge in [-0.1, -0.05) is 0 Å². The van der Waals surface area contributed by atoms with Gasteiger partial charge in [0, 0.05) is 31.4 Å². The predicted molar refractivity (Wildman–Crippen MR) is 92.6 cm³/mol. The van der Waals surface area contributed by atoms with E-state index in [2.05, 4.69) is 4.98 Å². The second kappa shape index (κ2) is 7.86. The molecule has 0 saturated carbocycles. The molecule has 2 aromatic rings. The second-order valence-electron chi connectivity index (χ2n) is 5.77. The Morgan fingerprint density at radius 2 is 1.93 bits per heavy atom. The Bertz CT molecular complexity index is 931. The number of H-pyrrole nitrogens is 1. The van der Waals surface area contributed by atoms with E-state index in [1.807, 2.05) is 0 Å². The number of hydrogen-bond donors (Lipinski definition) is 1. The topological polar surface area (TPSA) is 132 Å². The Hall–Kier alpha value is -2.76. The summed E-state index contributed by atoms with van der Waals surface area (Å²) in [4.78, 5) is 24.8.